The number of alkyl halides is 3. The van der Waals surface area contributed by atoms with E-state index in [9.17, 15) is 26.5 Å². The number of rotatable bonds is 3. The summed E-state index contributed by atoms with van der Waals surface area (Å²) in [7, 11) is -4.13. The fraction of sp³-hybridized carbons (Fsp3) is 0.0714. The van der Waals surface area contributed by atoms with E-state index in [4.69, 9.17) is 0 Å². The third-order valence-corrected chi connectivity index (χ3v) is 5.02. The van der Waals surface area contributed by atoms with Gasteiger partial charge in [-0.05, 0) is 23.4 Å². The standard InChI is InChI=1S/C14H8F3N3O3S/c15-14(16,17)12-10-6-7-20(13(10)18-8-11(12)19-21)24(22,23)9-4-2-1-3-5-9/h1-8H. The highest BCUT2D eigenvalue weighted by Crippen LogP contribution is 2.41. The Morgan fingerprint density at radius 2 is 1.75 bits per heavy atom. The van der Waals surface area contributed by atoms with E-state index >= 15 is 0 Å². The summed E-state index contributed by atoms with van der Waals surface area (Å²) in [4.78, 5) is 14.2. The van der Waals surface area contributed by atoms with Crippen molar-refractivity contribution in [2.75, 3.05) is 0 Å². The smallest absolute Gasteiger partial charge is 0.235 e. The highest BCUT2D eigenvalue weighted by atomic mass is 32.2. The Morgan fingerprint density at radius 3 is 2.33 bits per heavy atom. The molecule has 0 aliphatic heterocycles. The van der Waals surface area contributed by atoms with Crippen molar-refractivity contribution in [3.05, 3.63) is 59.3 Å². The van der Waals surface area contributed by atoms with E-state index in [-0.39, 0.29) is 4.90 Å². The summed E-state index contributed by atoms with van der Waals surface area (Å²) >= 11 is 0. The summed E-state index contributed by atoms with van der Waals surface area (Å²) in [6.45, 7) is 0. The van der Waals surface area contributed by atoms with Crippen LogP contribution in [-0.4, -0.2) is 17.4 Å². The molecule has 0 spiro atoms. The molecule has 2 aromatic heterocycles. The van der Waals surface area contributed by atoms with Crippen LogP contribution >= 0.6 is 0 Å². The van der Waals surface area contributed by atoms with Crippen LogP contribution in [0.5, 0.6) is 0 Å². The van der Waals surface area contributed by atoms with Crippen LogP contribution in [-0.2, 0) is 16.2 Å². The molecule has 24 heavy (non-hydrogen) atoms. The molecule has 0 amide bonds. The van der Waals surface area contributed by atoms with E-state index in [1.54, 1.807) is 6.07 Å². The molecule has 0 saturated heterocycles. The molecule has 124 valence electrons. The number of pyridine rings is 1. The maximum absolute atomic E-state index is 13.2. The minimum absolute atomic E-state index is 0.101. The van der Waals surface area contributed by atoms with Gasteiger partial charge in [0.1, 0.15) is 5.69 Å². The summed E-state index contributed by atoms with van der Waals surface area (Å²) in [5.74, 6) is 0. The van der Waals surface area contributed by atoms with Crippen LogP contribution in [0.3, 0.4) is 0 Å². The zero-order valence-electron chi connectivity index (χ0n) is 11.7. The first-order valence-electron chi connectivity index (χ1n) is 6.48. The second-order valence-corrected chi connectivity index (χ2v) is 6.59. The van der Waals surface area contributed by atoms with Crippen LogP contribution in [0.1, 0.15) is 5.56 Å². The highest BCUT2D eigenvalue weighted by molar-refractivity contribution is 7.90. The summed E-state index contributed by atoms with van der Waals surface area (Å²) in [6.07, 6.45) is -3.31. The van der Waals surface area contributed by atoms with Crippen molar-refractivity contribution in [1.29, 1.82) is 0 Å². The Morgan fingerprint density at radius 1 is 1.08 bits per heavy atom. The average molecular weight is 355 g/mol. The first kappa shape index (κ1) is 16.1. The molecule has 0 saturated carbocycles. The number of hydrogen-bond donors (Lipinski definition) is 0. The minimum atomic E-state index is -4.88. The molecule has 6 nitrogen and oxygen atoms in total. The predicted octanol–water partition coefficient (Wildman–Crippen LogP) is 3.69. The quantitative estimate of drug-likeness (QED) is 0.671. The molecule has 0 aliphatic rings. The molecule has 3 aromatic rings. The predicted molar refractivity (Wildman–Crippen MR) is 79.2 cm³/mol. The van der Waals surface area contributed by atoms with Crippen LogP contribution in [0.2, 0.25) is 0 Å². The zero-order chi connectivity index (χ0) is 17.5. The van der Waals surface area contributed by atoms with Crippen molar-refractivity contribution in [2.24, 2.45) is 5.18 Å². The van der Waals surface area contributed by atoms with Crippen LogP contribution < -0.4 is 0 Å². The van der Waals surface area contributed by atoms with Gasteiger partial charge in [0, 0.05) is 11.6 Å². The lowest BCUT2D eigenvalue weighted by Gasteiger charge is -2.11. The van der Waals surface area contributed by atoms with Gasteiger partial charge in [-0.25, -0.2) is 17.4 Å². The summed E-state index contributed by atoms with van der Waals surface area (Å²) in [5, 5.41) is 1.81. The lowest BCUT2D eigenvalue weighted by atomic mass is 10.1. The number of hydrogen-bond acceptors (Lipinski definition) is 5. The van der Waals surface area contributed by atoms with E-state index in [2.05, 4.69) is 10.2 Å². The highest BCUT2D eigenvalue weighted by Gasteiger charge is 2.38. The van der Waals surface area contributed by atoms with Crippen molar-refractivity contribution >= 4 is 26.7 Å². The first-order valence-corrected chi connectivity index (χ1v) is 7.92. The number of halogens is 3. The number of nitroso groups, excluding NO2 is 1. The summed E-state index contributed by atoms with van der Waals surface area (Å²) in [5.41, 5.74) is -2.65. The molecular weight excluding hydrogens is 347 g/mol. The van der Waals surface area contributed by atoms with Crippen molar-refractivity contribution in [2.45, 2.75) is 11.1 Å². The fourth-order valence-corrected chi connectivity index (χ4v) is 3.64. The van der Waals surface area contributed by atoms with Gasteiger partial charge >= 0.3 is 6.18 Å². The third kappa shape index (κ3) is 2.44. The van der Waals surface area contributed by atoms with Crippen molar-refractivity contribution < 1.29 is 21.6 Å². The second kappa shape index (κ2) is 5.41. The molecule has 3 rings (SSSR count). The Bertz CT molecular complexity index is 1030. The largest absolute Gasteiger partial charge is 0.419 e. The Kier molecular flexibility index (Phi) is 3.63. The number of fused-ring (bicyclic) bond motifs is 1. The van der Waals surface area contributed by atoms with E-state index < -0.39 is 38.5 Å². The molecule has 0 bridgehead atoms. The van der Waals surface area contributed by atoms with Crippen molar-refractivity contribution in [1.82, 2.24) is 8.96 Å². The Balaban J connectivity index is 2.33. The van der Waals surface area contributed by atoms with Gasteiger partial charge in [0.15, 0.2) is 5.65 Å². The van der Waals surface area contributed by atoms with Gasteiger partial charge in [0.05, 0.1) is 16.7 Å². The van der Waals surface area contributed by atoms with Crippen LogP contribution in [0.15, 0.2) is 58.9 Å². The van der Waals surface area contributed by atoms with Gasteiger partial charge < -0.3 is 0 Å². The number of aromatic nitrogens is 2. The van der Waals surface area contributed by atoms with E-state index in [1.165, 1.54) is 24.3 Å². The molecule has 2 heterocycles. The molecule has 0 N–H and O–H groups in total. The van der Waals surface area contributed by atoms with Gasteiger partial charge in [0.2, 0.25) is 0 Å². The van der Waals surface area contributed by atoms with Gasteiger partial charge in [-0.1, -0.05) is 18.2 Å². The average Bonchev–Trinajstić information content (AvgIpc) is 2.98. The molecule has 0 unspecified atom stereocenters. The Hall–Kier alpha value is -2.75. The fourth-order valence-electron chi connectivity index (χ4n) is 2.32. The third-order valence-electron chi connectivity index (χ3n) is 3.34. The van der Waals surface area contributed by atoms with Gasteiger partial charge in [-0.2, -0.15) is 13.2 Å². The molecular formula is C14H8F3N3O3S. The molecule has 0 aliphatic carbocycles. The van der Waals surface area contributed by atoms with Gasteiger partial charge in [-0.3, -0.25) is 0 Å². The summed E-state index contributed by atoms with van der Waals surface area (Å²) < 4.78 is 65.4. The molecule has 0 fully saturated rings. The molecule has 0 atom stereocenters. The first-order chi connectivity index (χ1) is 11.3. The van der Waals surface area contributed by atoms with Crippen LogP contribution in [0.4, 0.5) is 18.9 Å². The second-order valence-electron chi connectivity index (χ2n) is 4.77. The van der Waals surface area contributed by atoms with Gasteiger partial charge in [-0.15, -0.1) is 4.91 Å². The topological polar surface area (TPSA) is 81.4 Å². The minimum Gasteiger partial charge on any atom is -0.235 e. The van der Waals surface area contributed by atoms with E-state index in [0.29, 0.717) is 10.2 Å². The zero-order valence-corrected chi connectivity index (χ0v) is 12.5. The molecule has 0 radical (unpaired) electrons. The van der Waals surface area contributed by atoms with Gasteiger partial charge in [0.25, 0.3) is 10.0 Å². The van der Waals surface area contributed by atoms with Crippen LogP contribution in [0, 0.1) is 4.91 Å². The van der Waals surface area contributed by atoms with E-state index in [0.717, 1.165) is 12.3 Å². The summed E-state index contributed by atoms with van der Waals surface area (Å²) in [6, 6.07) is 8.15. The Labute approximate surface area is 133 Å². The normalized spacial score (nSPS) is 12.5. The maximum atomic E-state index is 13.2. The SMILES string of the molecule is O=Nc1cnc2c(ccn2S(=O)(=O)c2ccccc2)c1C(F)(F)F. The number of benzene rings is 1. The van der Waals surface area contributed by atoms with Crippen molar-refractivity contribution in [3.63, 3.8) is 0 Å². The van der Waals surface area contributed by atoms with Crippen LogP contribution in [0.25, 0.3) is 11.0 Å². The monoisotopic (exact) mass is 355 g/mol. The molecule has 10 heteroatoms. The lowest BCUT2D eigenvalue weighted by Crippen LogP contribution is -2.13. The van der Waals surface area contributed by atoms with Crippen molar-refractivity contribution in [3.8, 4) is 0 Å². The molecule has 1 aromatic carbocycles. The maximum Gasteiger partial charge on any atom is 0.419 e. The lowest BCUT2D eigenvalue weighted by molar-refractivity contribution is -0.135. The van der Waals surface area contributed by atoms with E-state index in [1.807, 2.05) is 0 Å². The number of nitrogens with zero attached hydrogens (tertiary/aromatic N) is 3.